The molecule has 1 fully saturated rings. The van der Waals surface area contributed by atoms with Crippen molar-refractivity contribution in [1.29, 1.82) is 0 Å². The van der Waals surface area contributed by atoms with Crippen molar-refractivity contribution in [2.75, 3.05) is 0 Å². The molecular formula is C29H29N3O. The lowest BCUT2D eigenvalue weighted by atomic mass is 9.95. The van der Waals surface area contributed by atoms with Crippen LogP contribution in [-0.2, 0) is 0 Å². The van der Waals surface area contributed by atoms with Gasteiger partial charge in [0, 0.05) is 22.7 Å². The molecule has 1 aromatic heterocycles. The molecule has 0 atom stereocenters. The second-order valence-corrected chi connectivity index (χ2v) is 9.16. The molecule has 1 saturated carbocycles. The summed E-state index contributed by atoms with van der Waals surface area (Å²) in [4.78, 5) is 22.9. The first-order valence-corrected chi connectivity index (χ1v) is 11.8. The quantitative estimate of drug-likeness (QED) is 0.391. The van der Waals surface area contributed by atoms with Crippen LogP contribution in [0.1, 0.15) is 53.6 Å². The second kappa shape index (κ2) is 9.14. The first-order chi connectivity index (χ1) is 16.1. The number of aryl methyl sites for hydroxylation is 2. The van der Waals surface area contributed by atoms with Gasteiger partial charge >= 0.3 is 0 Å². The van der Waals surface area contributed by atoms with E-state index in [1.165, 1.54) is 30.4 Å². The zero-order valence-corrected chi connectivity index (χ0v) is 19.3. The van der Waals surface area contributed by atoms with Gasteiger partial charge in [-0.1, -0.05) is 78.9 Å². The average Bonchev–Trinajstić information content (AvgIpc) is 2.84. The van der Waals surface area contributed by atoms with Crippen molar-refractivity contribution in [1.82, 2.24) is 15.3 Å². The maximum absolute atomic E-state index is 12.9. The number of amides is 1. The summed E-state index contributed by atoms with van der Waals surface area (Å²) in [5.74, 6) is -0.0231. The number of aromatic nitrogens is 2. The molecule has 1 heterocycles. The van der Waals surface area contributed by atoms with Gasteiger partial charge in [0.25, 0.3) is 5.91 Å². The maximum atomic E-state index is 12.9. The SMILES string of the molecule is Cc1ccc(-c2nc3ccc(C(=O)NC4CCCCC4)cc3nc2-c2ccc(C)cc2)cc1. The minimum absolute atomic E-state index is 0.0231. The van der Waals surface area contributed by atoms with E-state index < -0.39 is 0 Å². The fourth-order valence-corrected chi connectivity index (χ4v) is 4.54. The predicted molar refractivity (Wildman–Crippen MR) is 134 cm³/mol. The maximum Gasteiger partial charge on any atom is 0.251 e. The van der Waals surface area contributed by atoms with E-state index in [4.69, 9.17) is 9.97 Å². The lowest BCUT2D eigenvalue weighted by Gasteiger charge is -2.22. The molecule has 5 rings (SSSR count). The Kier molecular flexibility index (Phi) is 5.91. The second-order valence-electron chi connectivity index (χ2n) is 9.16. The van der Waals surface area contributed by atoms with Gasteiger partial charge in [-0.2, -0.15) is 0 Å². The Morgan fingerprint density at radius 2 is 1.27 bits per heavy atom. The van der Waals surface area contributed by atoms with E-state index in [2.05, 4.69) is 67.7 Å². The number of hydrogen-bond donors (Lipinski definition) is 1. The van der Waals surface area contributed by atoms with Crippen molar-refractivity contribution < 1.29 is 4.79 Å². The molecule has 1 N–H and O–H groups in total. The lowest BCUT2D eigenvalue weighted by Crippen LogP contribution is -2.36. The Bertz CT molecular complexity index is 1290. The Labute approximate surface area is 195 Å². The summed E-state index contributed by atoms with van der Waals surface area (Å²) in [7, 11) is 0. The third-order valence-corrected chi connectivity index (χ3v) is 6.52. The summed E-state index contributed by atoms with van der Waals surface area (Å²) in [6.45, 7) is 4.16. The minimum Gasteiger partial charge on any atom is -0.349 e. The molecule has 4 aromatic rings. The number of hydrogen-bond acceptors (Lipinski definition) is 3. The topological polar surface area (TPSA) is 54.9 Å². The highest BCUT2D eigenvalue weighted by molar-refractivity contribution is 5.98. The summed E-state index contributed by atoms with van der Waals surface area (Å²) in [6, 6.07) is 22.7. The molecular weight excluding hydrogens is 406 g/mol. The summed E-state index contributed by atoms with van der Waals surface area (Å²) in [5, 5.41) is 3.21. The van der Waals surface area contributed by atoms with Crippen molar-refractivity contribution in [3.05, 3.63) is 83.4 Å². The summed E-state index contributed by atoms with van der Waals surface area (Å²) >= 11 is 0. The predicted octanol–water partition coefficient (Wildman–Crippen LogP) is 6.64. The van der Waals surface area contributed by atoms with Gasteiger partial charge in [0.1, 0.15) is 0 Å². The molecule has 0 spiro atoms. The number of carbonyl (C=O) groups excluding carboxylic acids is 1. The van der Waals surface area contributed by atoms with Gasteiger partial charge in [-0.25, -0.2) is 9.97 Å². The van der Waals surface area contributed by atoms with E-state index in [1.54, 1.807) is 0 Å². The standard InChI is InChI=1S/C29H29N3O/c1-19-8-12-21(13-9-19)27-28(22-14-10-20(2)11-15-22)32-26-18-23(16-17-25(26)31-27)29(33)30-24-6-4-3-5-7-24/h8-18,24H,3-7H2,1-2H3,(H,30,33). The number of nitrogens with one attached hydrogen (secondary N) is 1. The number of carbonyl (C=O) groups is 1. The molecule has 0 aliphatic heterocycles. The van der Waals surface area contributed by atoms with E-state index in [9.17, 15) is 4.79 Å². The molecule has 0 radical (unpaired) electrons. The van der Waals surface area contributed by atoms with Gasteiger partial charge in [-0.15, -0.1) is 0 Å². The lowest BCUT2D eigenvalue weighted by molar-refractivity contribution is 0.0928. The van der Waals surface area contributed by atoms with Crippen LogP contribution in [0.25, 0.3) is 33.5 Å². The van der Waals surface area contributed by atoms with Gasteiger partial charge in [-0.05, 0) is 44.9 Å². The Balaban J connectivity index is 1.57. The van der Waals surface area contributed by atoms with Crippen molar-refractivity contribution in [3.8, 4) is 22.5 Å². The molecule has 0 unspecified atom stereocenters. The van der Waals surface area contributed by atoms with E-state index in [-0.39, 0.29) is 11.9 Å². The van der Waals surface area contributed by atoms with Gasteiger partial charge in [0.15, 0.2) is 0 Å². The Hall–Kier alpha value is -3.53. The van der Waals surface area contributed by atoms with Crippen LogP contribution in [-0.4, -0.2) is 21.9 Å². The van der Waals surface area contributed by atoms with Crippen molar-refractivity contribution >= 4 is 16.9 Å². The molecule has 1 amide bonds. The number of nitrogens with zero attached hydrogens (tertiary/aromatic N) is 2. The average molecular weight is 436 g/mol. The number of benzene rings is 3. The molecule has 0 bridgehead atoms. The largest absolute Gasteiger partial charge is 0.349 e. The van der Waals surface area contributed by atoms with Crippen LogP contribution < -0.4 is 5.32 Å². The highest BCUT2D eigenvalue weighted by Gasteiger charge is 2.18. The molecule has 3 aromatic carbocycles. The van der Waals surface area contributed by atoms with Crippen LogP contribution in [0.2, 0.25) is 0 Å². The fourth-order valence-electron chi connectivity index (χ4n) is 4.54. The summed E-state index contributed by atoms with van der Waals surface area (Å²) in [5.41, 5.74) is 8.30. The first-order valence-electron chi connectivity index (χ1n) is 11.8. The van der Waals surface area contributed by atoms with Crippen LogP contribution in [0, 0.1) is 13.8 Å². The van der Waals surface area contributed by atoms with E-state index in [0.29, 0.717) is 5.56 Å². The van der Waals surface area contributed by atoms with Gasteiger partial charge in [0.2, 0.25) is 0 Å². The van der Waals surface area contributed by atoms with Gasteiger partial charge < -0.3 is 5.32 Å². The molecule has 166 valence electrons. The van der Waals surface area contributed by atoms with Crippen molar-refractivity contribution in [2.24, 2.45) is 0 Å². The van der Waals surface area contributed by atoms with Crippen LogP contribution >= 0.6 is 0 Å². The fraction of sp³-hybridized carbons (Fsp3) is 0.276. The molecule has 1 aliphatic carbocycles. The molecule has 4 nitrogen and oxygen atoms in total. The van der Waals surface area contributed by atoms with Crippen molar-refractivity contribution in [2.45, 2.75) is 52.0 Å². The van der Waals surface area contributed by atoms with E-state index in [1.807, 2.05) is 18.2 Å². The van der Waals surface area contributed by atoms with Crippen molar-refractivity contribution in [3.63, 3.8) is 0 Å². The smallest absolute Gasteiger partial charge is 0.251 e. The minimum atomic E-state index is -0.0231. The van der Waals surface area contributed by atoms with Gasteiger partial charge in [0.05, 0.1) is 22.4 Å². The number of fused-ring (bicyclic) bond motifs is 1. The van der Waals surface area contributed by atoms with Crippen LogP contribution in [0.5, 0.6) is 0 Å². The highest BCUT2D eigenvalue weighted by Crippen LogP contribution is 2.31. The third-order valence-electron chi connectivity index (χ3n) is 6.52. The highest BCUT2D eigenvalue weighted by atomic mass is 16.1. The molecule has 1 aliphatic rings. The molecule has 33 heavy (non-hydrogen) atoms. The summed E-state index contributed by atoms with van der Waals surface area (Å²) in [6.07, 6.45) is 5.78. The molecule has 0 saturated heterocycles. The summed E-state index contributed by atoms with van der Waals surface area (Å²) < 4.78 is 0. The Morgan fingerprint density at radius 3 is 1.85 bits per heavy atom. The normalized spacial score (nSPS) is 14.4. The Morgan fingerprint density at radius 1 is 0.727 bits per heavy atom. The van der Waals surface area contributed by atoms with E-state index >= 15 is 0 Å². The van der Waals surface area contributed by atoms with Crippen LogP contribution in [0.4, 0.5) is 0 Å². The van der Waals surface area contributed by atoms with E-state index in [0.717, 1.165) is 46.4 Å². The number of rotatable bonds is 4. The van der Waals surface area contributed by atoms with Crippen LogP contribution in [0.3, 0.4) is 0 Å². The first kappa shape index (κ1) is 21.3. The third kappa shape index (κ3) is 4.65. The van der Waals surface area contributed by atoms with Crippen LogP contribution in [0.15, 0.2) is 66.7 Å². The monoisotopic (exact) mass is 435 g/mol. The zero-order chi connectivity index (χ0) is 22.8. The van der Waals surface area contributed by atoms with Gasteiger partial charge in [-0.3, -0.25) is 4.79 Å². The molecule has 4 heteroatoms. The zero-order valence-electron chi connectivity index (χ0n) is 19.3.